The Balaban J connectivity index is 1.80. The fourth-order valence-corrected chi connectivity index (χ4v) is 3.47. The van der Waals surface area contributed by atoms with E-state index in [1.807, 2.05) is 42.6 Å². The molecule has 3 N–H and O–H groups in total. The molecule has 0 spiro atoms. The second-order valence-electron chi connectivity index (χ2n) is 4.92. The summed E-state index contributed by atoms with van der Waals surface area (Å²) in [5.74, 6) is -0.113. The molecule has 6 nitrogen and oxygen atoms in total. The molecule has 3 rings (SSSR count). The van der Waals surface area contributed by atoms with Crippen LogP contribution in [0.2, 0.25) is 0 Å². The molecule has 2 heterocycles. The Bertz CT molecular complexity index is 799. The lowest BCUT2D eigenvalue weighted by Crippen LogP contribution is -2.30. The molecule has 118 valence electrons. The van der Waals surface area contributed by atoms with Crippen molar-refractivity contribution < 1.29 is 4.79 Å². The number of hydrogen-bond acceptors (Lipinski definition) is 7. The van der Waals surface area contributed by atoms with Crippen molar-refractivity contribution in [3.05, 3.63) is 57.0 Å². The number of nitrogen functional groups attached to an aromatic ring is 1. The van der Waals surface area contributed by atoms with E-state index in [9.17, 15) is 4.79 Å². The summed E-state index contributed by atoms with van der Waals surface area (Å²) in [4.78, 5) is 16.7. The van der Waals surface area contributed by atoms with E-state index in [0.717, 1.165) is 16.3 Å². The van der Waals surface area contributed by atoms with Crippen LogP contribution in [0.25, 0.3) is 0 Å². The Labute approximate surface area is 141 Å². The molecule has 0 aliphatic heterocycles. The Morgan fingerprint density at radius 1 is 1.30 bits per heavy atom. The molecular weight excluding hydrogens is 330 g/mol. The number of nitrogens with two attached hydrogens (primary N) is 1. The number of aryl methyl sites for hydroxylation is 1. The van der Waals surface area contributed by atoms with E-state index in [1.165, 1.54) is 22.7 Å². The Morgan fingerprint density at radius 2 is 2.09 bits per heavy atom. The summed E-state index contributed by atoms with van der Waals surface area (Å²) in [7, 11) is 0. The van der Waals surface area contributed by atoms with Crippen LogP contribution in [0.3, 0.4) is 0 Å². The summed E-state index contributed by atoms with van der Waals surface area (Å²) in [6.45, 7) is 1.92. The minimum absolute atomic E-state index is 0.113. The maximum atomic E-state index is 12.4. The van der Waals surface area contributed by atoms with Crippen molar-refractivity contribution in [2.24, 2.45) is 0 Å². The van der Waals surface area contributed by atoms with Crippen molar-refractivity contribution in [3.8, 4) is 0 Å². The summed E-state index contributed by atoms with van der Waals surface area (Å²) in [6.07, 6.45) is 0.238. The summed E-state index contributed by atoms with van der Waals surface area (Å²) < 4.78 is 0. The fourth-order valence-electron chi connectivity index (χ4n) is 2.16. The van der Waals surface area contributed by atoms with Gasteiger partial charge in [0.2, 0.25) is 11.0 Å². The van der Waals surface area contributed by atoms with Gasteiger partial charge in [0, 0.05) is 5.38 Å². The SMILES string of the molecule is Cc1nc(CC(=O)N[C@H](c2ccccc2)c2nnc(N)s2)cs1. The number of amides is 1. The van der Waals surface area contributed by atoms with E-state index < -0.39 is 0 Å². The second-order valence-corrected chi connectivity index (χ2v) is 7.03. The second kappa shape index (κ2) is 6.84. The first kappa shape index (κ1) is 15.6. The predicted molar refractivity (Wildman–Crippen MR) is 91.3 cm³/mol. The average molecular weight is 345 g/mol. The predicted octanol–water partition coefficient (Wildman–Crippen LogP) is 2.33. The normalized spacial score (nSPS) is 12.0. The van der Waals surface area contributed by atoms with E-state index in [-0.39, 0.29) is 18.4 Å². The first-order valence-corrected chi connectivity index (χ1v) is 8.65. The standard InChI is InChI=1S/C15H15N5OS2/c1-9-17-11(8-22-9)7-12(21)18-13(10-5-3-2-4-6-10)14-19-20-15(16)23-14/h2-6,8,13H,7H2,1H3,(H2,16,20)(H,18,21)/t13-/m1/s1. The van der Waals surface area contributed by atoms with Crippen molar-refractivity contribution in [3.63, 3.8) is 0 Å². The number of hydrogen-bond donors (Lipinski definition) is 2. The average Bonchev–Trinajstić information content (AvgIpc) is 3.14. The van der Waals surface area contributed by atoms with Crippen molar-refractivity contribution in [2.45, 2.75) is 19.4 Å². The van der Waals surface area contributed by atoms with Gasteiger partial charge in [-0.3, -0.25) is 4.79 Å². The number of thiazole rings is 1. The molecule has 0 bridgehead atoms. The van der Waals surface area contributed by atoms with Crippen LogP contribution in [0.1, 0.15) is 27.3 Å². The zero-order valence-electron chi connectivity index (χ0n) is 12.4. The maximum absolute atomic E-state index is 12.4. The van der Waals surface area contributed by atoms with Gasteiger partial charge in [-0.1, -0.05) is 41.7 Å². The summed E-state index contributed by atoms with van der Waals surface area (Å²) in [6, 6.07) is 9.28. The van der Waals surface area contributed by atoms with Crippen LogP contribution in [0.4, 0.5) is 5.13 Å². The van der Waals surface area contributed by atoms with Crippen LogP contribution >= 0.6 is 22.7 Å². The number of anilines is 1. The minimum Gasteiger partial charge on any atom is -0.374 e. The van der Waals surface area contributed by atoms with Crippen LogP contribution in [-0.4, -0.2) is 21.1 Å². The van der Waals surface area contributed by atoms with Gasteiger partial charge in [-0.2, -0.15) is 0 Å². The van der Waals surface area contributed by atoms with Gasteiger partial charge in [-0.15, -0.1) is 21.5 Å². The van der Waals surface area contributed by atoms with Gasteiger partial charge < -0.3 is 11.1 Å². The van der Waals surface area contributed by atoms with E-state index in [2.05, 4.69) is 20.5 Å². The molecule has 3 aromatic rings. The molecule has 0 unspecified atom stereocenters. The zero-order valence-corrected chi connectivity index (χ0v) is 14.0. The molecule has 0 aliphatic rings. The highest BCUT2D eigenvalue weighted by atomic mass is 32.1. The number of aromatic nitrogens is 3. The number of benzene rings is 1. The number of carbonyl (C=O) groups is 1. The third kappa shape index (κ3) is 3.91. The van der Waals surface area contributed by atoms with Crippen LogP contribution in [-0.2, 0) is 11.2 Å². The van der Waals surface area contributed by atoms with Gasteiger partial charge in [0.05, 0.1) is 17.1 Å². The molecule has 1 amide bonds. The summed E-state index contributed by atoms with van der Waals surface area (Å²) in [5, 5.41) is 14.8. The van der Waals surface area contributed by atoms with E-state index in [0.29, 0.717) is 10.1 Å². The van der Waals surface area contributed by atoms with Gasteiger partial charge in [0.15, 0.2) is 0 Å². The van der Waals surface area contributed by atoms with E-state index in [4.69, 9.17) is 5.73 Å². The molecule has 0 aliphatic carbocycles. The molecule has 1 aromatic carbocycles. The molecule has 2 aromatic heterocycles. The van der Waals surface area contributed by atoms with E-state index >= 15 is 0 Å². The van der Waals surface area contributed by atoms with Crippen LogP contribution < -0.4 is 11.1 Å². The first-order valence-electron chi connectivity index (χ1n) is 6.96. The molecule has 23 heavy (non-hydrogen) atoms. The lowest BCUT2D eigenvalue weighted by Gasteiger charge is -2.16. The summed E-state index contributed by atoms with van der Waals surface area (Å²) >= 11 is 2.80. The number of carbonyl (C=O) groups excluding carboxylic acids is 1. The largest absolute Gasteiger partial charge is 0.374 e. The Kier molecular flexibility index (Phi) is 4.63. The van der Waals surface area contributed by atoms with Gasteiger partial charge in [-0.25, -0.2) is 4.98 Å². The third-order valence-electron chi connectivity index (χ3n) is 3.15. The van der Waals surface area contributed by atoms with Crippen LogP contribution in [0.5, 0.6) is 0 Å². The lowest BCUT2D eigenvalue weighted by molar-refractivity contribution is -0.121. The molecule has 0 radical (unpaired) electrons. The number of nitrogens with one attached hydrogen (secondary N) is 1. The molecular formula is C15H15N5OS2. The fraction of sp³-hybridized carbons (Fsp3) is 0.200. The molecule has 0 fully saturated rings. The van der Waals surface area contributed by atoms with Crippen LogP contribution in [0.15, 0.2) is 35.7 Å². The van der Waals surface area contributed by atoms with Crippen LogP contribution in [0, 0.1) is 6.92 Å². The molecule has 8 heteroatoms. The monoisotopic (exact) mass is 345 g/mol. The quantitative estimate of drug-likeness (QED) is 0.740. The topological polar surface area (TPSA) is 93.8 Å². The minimum atomic E-state index is -0.363. The highest BCUT2D eigenvalue weighted by Gasteiger charge is 2.21. The number of nitrogens with zero attached hydrogens (tertiary/aromatic N) is 3. The Hall–Kier alpha value is -2.32. The smallest absolute Gasteiger partial charge is 0.226 e. The maximum Gasteiger partial charge on any atom is 0.226 e. The molecule has 0 saturated carbocycles. The zero-order chi connectivity index (χ0) is 16.2. The lowest BCUT2D eigenvalue weighted by atomic mass is 10.1. The van der Waals surface area contributed by atoms with Gasteiger partial charge >= 0.3 is 0 Å². The highest BCUT2D eigenvalue weighted by Crippen LogP contribution is 2.26. The van der Waals surface area contributed by atoms with Crippen molar-refractivity contribution >= 4 is 33.7 Å². The van der Waals surface area contributed by atoms with Gasteiger partial charge in [-0.05, 0) is 12.5 Å². The Morgan fingerprint density at radius 3 is 2.70 bits per heavy atom. The van der Waals surface area contributed by atoms with Crippen molar-refractivity contribution in [2.75, 3.05) is 5.73 Å². The van der Waals surface area contributed by atoms with Gasteiger partial charge in [0.1, 0.15) is 11.0 Å². The summed E-state index contributed by atoms with van der Waals surface area (Å²) in [5.41, 5.74) is 7.38. The number of rotatable bonds is 5. The first-order chi connectivity index (χ1) is 11.1. The molecule has 1 atom stereocenters. The van der Waals surface area contributed by atoms with Crippen molar-refractivity contribution in [1.82, 2.24) is 20.5 Å². The van der Waals surface area contributed by atoms with Gasteiger partial charge in [0.25, 0.3) is 0 Å². The molecule has 0 saturated heterocycles. The third-order valence-corrected chi connectivity index (χ3v) is 4.79. The highest BCUT2D eigenvalue weighted by molar-refractivity contribution is 7.15. The van der Waals surface area contributed by atoms with E-state index in [1.54, 1.807) is 0 Å². The van der Waals surface area contributed by atoms with Crippen molar-refractivity contribution in [1.29, 1.82) is 0 Å².